The van der Waals surface area contributed by atoms with Crippen LogP contribution in [-0.4, -0.2) is 19.5 Å². The molecule has 2 nitrogen and oxygen atoms in total. The SMILES string of the molecule is CCOC(C)OCC=Cc1ccccc1. The fourth-order valence-electron chi connectivity index (χ4n) is 1.22. The molecule has 0 saturated heterocycles. The Morgan fingerprint density at radius 3 is 2.60 bits per heavy atom. The molecule has 15 heavy (non-hydrogen) atoms. The molecule has 82 valence electrons. The van der Waals surface area contributed by atoms with Crippen molar-refractivity contribution in [2.75, 3.05) is 13.2 Å². The summed E-state index contributed by atoms with van der Waals surface area (Å²) in [5.41, 5.74) is 1.19. The lowest BCUT2D eigenvalue weighted by Crippen LogP contribution is -2.12. The number of rotatable bonds is 6. The maximum Gasteiger partial charge on any atom is 0.155 e. The summed E-state index contributed by atoms with van der Waals surface area (Å²) in [4.78, 5) is 0. The Balaban J connectivity index is 2.23. The molecule has 1 unspecified atom stereocenters. The summed E-state index contributed by atoms with van der Waals surface area (Å²) in [6.45, 7) is 5.12. The minimum absolute atomic E-state index is 0.129. The quantitative estimate of drug-likeness (QED) is 0.666. The van der Waals surface area contributed by atoms with Gasteiger partial charge in [0.1, 0.15) is 0 Å². The van der Waals surface area contributed by atoms with Crippen molar-refractivity contribution in [3.05, 3.63) is 42.0 Å². The average Bonchev–Trinajstić information content (AvgIpc) is 2.26. The number of hydrogen-bond acceptors (Lipinski definition) is 2. The van der Waals surface area contributed by atoms with Crippen LogP contribution < -0.4 is 0 Å². The van der Waals surface area contributed by atoms with Crippen molar-refractivity contribution >= 4 is 6.08 Å². The Bertz CT molecular complexity index is 280. The Hall–Kier alpha value is -1.12. The summed E-state index contributed by atoms with van der Waals surface area (Å²) in [6.07, 6.45) is 3.90. The van der Waals surface area contributed by atoms with Crippen LogP contribution >= 0.6 is 0 Å². The Labute approximate surface area is 91.5 Å². The lowest BCUT2D eigenvalue weighted by Gasteiger charge is -2.10. The van der Waals surface area contributed by atoms with Crippen LogP contribution in [0.1, 0.15) is 19.4 Å². The Morgan fingerprint density at radius 1 is 1.20 bits per heavy atom. The molecule has 0 bridgehead atoms. The molecule has 1 atom stereocenters. The first-order valence-corrected chi connectivity index (χ1v) is 5.27. The highest BCUT2D eigenvalue weighted by molar-refractivity contribution is 5.48. The van der Waals surface area contributed by atoms with Crippen LogP contribution in [0.5, 0.6) is 0 Å². The molecule has 0 aromatic heterocycles. The molecule has 1 aromatic carbocycles. The number of benzene rings is 1. The van der Waals surface area contributed by atoms with Crippen LogP contribution in [0.15, 0.2) is 36.4 Å². The fraction of sp³-hybridized carbons (Fsp3) is 0.385. The number of hydrogen-bond donors (Lipinski definition) is 0. The van der Waals surface area contributed by atoms with E-state index in [2.05, 4.69) is 12.1 Å². The van der Waals surface area contributed by atoms with Crippen LogP contribution in [0.2, 0.25) is 0 Å². The summed E-state index contributed by atoms with van der Waals surface area (Å²) in [7, 11) is 0. The summed E-state index contributed by atoms with van der Waals surface area (Å²) >= 11 is 0. The smallest absolute Gasteiger partial charge is 0.155 e. The first kappa shape index (κ1) is 12.0. The van der Waals surface area contributed by atoms with Crippen molar-refractivity contribution in [1.29, 1.82) is 0 Å². The van der Waals surface area contributed by atoms with Crippen molar-refractivity contribution in [2.45, 2.75) is 20.1 Å². The van der Waals surface area contributed by atoms with E-state index in [1.54, 1.807) is 0 Å². The monoisotopic (exact) mass is 206 g/mol. The van der Waals surface area contributed by atoms with Crippen molar-refractivity contribution in [3.63, 3.8) is 0 Å². The topological polar surface area (TPSA) is 18.5 Å². The van der Waals surface area contributed by atoms with Crippen LogP contribution in [-0.2, 0) is 9.47 Å². The van der Waals surface area contributed by atoms with Crippen molar-refractivity contribution in [2.24, 2.45) is 0 Å². The van der Waals surface area contributed by atoms with E-state index in [1.165, 1.54) is 5.56 Å². The lowest BCUT2D eigenvalue weighted by molar-refractivity contribution is -0.118. The summed E-state index contributed by atoms with van der Waals surface area (Å²) < 4.78 is 10.6. The van der Waals surface area contributed by atoms with Gasteiger partial charge in [-0.15, -0.1) is 0 Å². The van der Waals surface area contributed by atoms with Gasteiger partial charge in [0, 0.05) is 6.61 Å². The standard InChI is InChI=1S/C13H18O2/c1-3-14-12(2)15-11-7-10-13-8-5-4-6-9-13/h4-10,12H,3,11H2,1-2H3. The van der Waals surface area contributed by atoms with Crippen LogP contribution in [0.25, 0.3) is 6.08 Å². The highest BCUT2D eigenvalue weighted by Gasteiger charge is 1.96. The molecule has 0 heterocycles. The van der Waals surface area contributed by atoms with E-state index in [4.69, 9.17) is 9.47 Å². The molecule has 0 fully saturated rings. The van der Waals surface area contributed by atoms with Gasteiger partial charge in [-0.05, 0) is 19.4 Å². The van der Waals surface area contributed by atoms with Gasteiger partial charge in [0.2, 0.25) is 0 Å². The minimum Gasteiger partial charge on any atom is -0.353 e. The van der Waals surface area contributed by atoms with Gasteiger partial charge < -0.3 is 9.47 Å². The van der Waals surface area contributed by atoms with E-state index in [0.29, 0.717) is 13.2 Å². The van der Waals surface area contributed by atoms with Gasteiger partial charge >= 0.3 is 0 Å². The predicted octanol–water partition coefficient (Wildman–Crippen LogP) is 3.10. The fourth-order valence-corrected chi connectivity index (χ4v) is 1.22. The van der Waals surface area contributed by atoms with Crippen molar-refractivity contribution in [3.8, 4) is 0 Å². The molecule has 0 amide bonds. The first-order chi connectivity index (χ1) is 7.33. The van der Waals surface area contributed by atoms with E-state index in [1.807, 2.05) is 44.2 Å². The number of ether oxygens (including phenoxy) is 2. The van der Waals surface area contributed by atoms with Crippen molar-refractivity contribution in [1.82, 2.24) is 0 Å². The zero-order valence-corrected chi connectivity index (χ0v) is 9.35. The van der Waals surface area contributed by atoms with E-state index in [-0.39, 0.29) is 6.29 Å². The zero-order valence-electron chi connectivity index (χ0n) is 9.35. The third-order valence-corrected chi connectivity index (χ3v) is 1.94. The molecular weight excluding hydrogens is 188 g/mol. The third-order valence-electron chi connectivity index (χ3n) is 1.94. The van der Waals surface area contributed by atoms with Gasteiger partial charge in [-0.25, -0.2) is 0 Å². The molecular formula is C13H18O2. The molecule has 0 N–H and O–H groups in total. The summed E-state index contributed by atoms with van der Waals surface area (Å²) in [5, 5.41) is 0. The molecule has 0 radical (unpaired) electrons. The molecule has 1 aromatic rings. The molecule has 0 saturated carbocycles. The zero-order chi connectivity index (χ0) is 10.9. The molecule has 0 spiro atoms. The predicted molar refractivity (Wildman–Crippen MR) is 62.5 cm³/mol. The largest absolute Gasteiger partial charge is 0.353 e. The Morgan fingerprint density at radius 2 is 1.93 bits per heavy atom. The third kappa shape index (κ3) is 5.35. The second-order valence-electron chi connectivity index (χ2n) is 3.17. The second-order valence-corrected chi connectivity index (χ2v) is 3.17. The van der Waals surface area contributed by atoms with Gasteiger partial charge in [-0.2, -0.15) is 0 Å². The van der Waals surface area contributed by atoms with Gasteiger partial charge in [-0.1, -0.05) is 42.5 Å². The summed E-state index contributed by atoms with van der Waals surface area (Å²) in [6, 6.07) is 10.2. The first-order valence-electron chi connectivity index (χ1n) is 5.27. The highest BCUT2D eigenvalue weighted by atomic mass is 16.7. The van der Waals surface area contributed by atoms with Gasteiger partial charge in [0.15, 0.2) is 6.29 Å². The van der Waals surface area contributed by atoms with Gasteiger partial charge in [0.25, 0.3) is 0 Å². The average molecular weight is 206 g/mol. The van der Waals surface area contributed by atoms with Crippen LogP contribution in [0.4, 0.5) is 0 Å². The molecule has 0 aliphatic heterocycles. The summed E-state index contributed by atoms with van der Waals surface area (Å²) in [5.74, 6) is 0. The maximum atomic E-state index is 5.40. The molecule has 2 heteroatoms. The lowest BCUT2D eigenvalue weighted by atomic mass is 10.2. The Kier molecular flexibility index (Phi) is 5.74. The van der Waals surface area contributed by atoms with Crippen LogP contribution in [0, 0.1) is 0 Å². The van der Waals surface area contributed by atoms with Crippen molar-refractivity contribution < 1.29 is 9.47 Å². The van der Waals surface area contributed by atoms with Crippen LogP contribution in [0.3, 0.4) is 0 Å². The van der Waals surface area contributed by atoms with Gasteiger partial charge in [0.05, 0.1) is 6.61 Å². The van der Waals surface area contributed by atoms with E-state index in [9.17, 15) is 0 Å². The van der Waals surface area contributed by atoms with E-state index < -0.39 is 0 Å². The minimum atomic E-state index is -0.129. The van der Waals surface area contributed by atoms with E-state index in [0.717, 1.165) is 0 Å². The van der Waals surface area contributed by atoms with Gasteiger partial charge in [-0.3, -0.25) is 0 Å². The van der Waals surface area contributed by atoms with E-state index >= 15 is 0 Å². The maximum absolute atomic E-state index is 5.40. The molecule has 0 aliphatic carbocycles. The molecule has 0 aliphatic rings. The highest BCUT2D eigenvalue weighted by Crippen LogP contribution is 2.01. The molecule has 1 rings (SSSR count). The second kappa shape index (κ2) is 7.21. The normalized spacial score (nSPS) is 13.2.